The van der Waals surface area contributed by atoms with Gasteiger partial charge in [-0.15, -0.1) is 0 Å². The Balaban J connectivity index is 1.40. The second-order valence-corrected chi connectivity index (χ2v) is 11.0. The number of benzene rings is 4. The highest BCUT2D eigenvalue weighted by Gasteiger charge is 2.31. The molecule has 4 aromatic carbocycles. The number of allylic oxidation sites excluding steroid dienone is 5. The van der Waals surface area contributed by atoms with Crippen LogP contribution >= 0.6 is 0 Å². The molecule has 4 aromatic rings. The van der Waals surface area contributed by atoms with Gasteiger partial charge >= 0.3 is 0 Å². The van der Waals surface area contributed by atoms with E-state index in [2.05, 4.69) is 59.9 Å². The van der Waals surface area contributed by atoms with Gasteiger partial charge in [0.05, 0.1) is 7.11 Å². The molecule has 0 aromatic heterocycles. The second-order valence-electron chi connectivity index (χ2n) is 11.0. The van der Waals surface area contributed by atoms with Crippen LogP contribution in [-0.2, 0) is 6.42 Å². The van der Waals surface area contributed by atoms with Crippen molar-refractivity contribution in [1.29, 1.82) is 0 Å². The SMILES string of the molecule is COc1ccccc1-c1ccc2c(c1)-c1ccc3c(c1=CC2)=CC(C(=O)c1cccc(F)c1)CC3C1=CC=CC=CN1. The fourth-order valence-corrected chi connectivity index (χ4v) is 6.54. The van der Waals surface area contributed by atoms with E-state index in [-0.39, 0.29) is 17.6 Å². The van der Waals surface area contributed by atoms with E-state index in [9.17, 15) is 9.18 Å². The summed E-state index contributed by atoms with van der Waals surface area (Å²) in [4.78, 5) is 13.8. The molecular formula is C38H30FNO2. The van der Waals surface area contributed by atoms with Crippen LogP contribution in [0.3, 0.4) is 0 Å². The summed E-state index contributed by atoms with van der Waals surface area (Å²) in [5, 5.41) is 5.69. The highest BCUT2D eigenvalue weighted by Crippen LogP contribution is 2.37. The number of nitrogens with one attached hydrogen (secondary N) is 1. The lowest BCUT2D eigenvalue weighted by atomic mass is 9.75. The number of methoxy groups -OCH3 is 1. The molecule has 4 heteroatoms. The fourth-order valence-electron chi connectivity index (χ4n) is 6.54. The molecule has 0 amide bonds. The third kappa shape index (κ3) is 4.59. The monoisotopic (exact) mass is 551 g/mol. The van der Waals surface area contributed by atoms with Crippen LogP contribution < -0.4 is 20.5 Å². The first-order valence-corrected chi connectivity index (χ1v) is 14.3. The number of ether oxygens (including phenoxy) is 1. The molecule has 2 unspecified atom stereocenters. The van der Waals surface area contributed by atoms with Gasteiger partial charge in [-0.2, -0.15) is 0 Å². The smallest absolute Gasteiger partial charge is 0.169 e. The number of hydrogen-bond acceptors (Lipinski definition) is 3. The molecule has 0 saturated carbocycles. The first kappa shape index (κ1) is 26.0. The van der Waals surface area contributed by atoms with Crippen LogP contribution in [0.4, 0.5) is 4.39 Å². The van der Waals surface area contributed by atoms with Gasteiger partial charge in [0.1, 0.15) is 11.6 Å². The van der Waals surface area contributed by atoms with Crippen LogP contribution in [-0.4, -0.2) is 12.9 Å². The Labute approximate surface area is 244 Å². The standard InChI is InChI=1S/C38H30FNO2/c1-42-37-12-5-4-10-29(37)25-14-13-24-15-16-31-30(33(24)21-25)17-18-32-34(31)22-27(38(41)26-8-7-9-28(39)20-26)23-35(32)36-11-3-2-6-19-40-36/h2-14,16-22,27,35,40H,15,23H2,1H3. The van der Waals surface area contributed by atoms with Crippen molar-refractivity contribution < 1.29 is 13.9 Å². The molecule has 1 aliphatic heterocycles. The van der Waals surface area contributed by atoms with Crippen LogP contribution in [0.25, 0.3) is 34.4 Å². The molecule has 0 spiro atoms. The Hall–Kier alpha value is -4.96. The summed E-state index contributed by atoms with van der Waals surface area (Å²) in [5.41, 5.74) is 8.41. The number of fused-ring (bicyclic) bond motifs is 5. The van der Waals surface area contributed by atoms with Gasteiger partial charge < -0.3 is 10.1 Å². The largest absolute Gasteiger partial charge is 0.496 e. The van der Waals surface area contributed by atoms with Crippen molar-refractivity contribution in [2.24, 2.45) is 5.92 Å². The van der Waals surface area contributed by atoms with Gasteiger partial charge in [0, 0.05) is 34.9 Å². The predicted molar refractivity (Wildman–Crippen MR) is 167 cm³/mol. The highest BCUT2D eigenvalue weighted by atomic mass is 19.1. The molecule has 3 aliphatic rings. The minimum atomic E-state index is -0.398. The fraction of sp³-hybridized carbons (Fsp3) is 0.132. The number of Topliss-reactive ketones (excluding diaryl/α,β-unsaturated/α-hetero) is 1. The third-order valence-corrected chi connectivity index (χ3v) is 8.56. The molecule has 0 bridgehead atoms. The number of carbonyl (C=O) groups excluding carboxylic acids is 1. The first-order valence-electron chi connectivity index (χ1n) is 14.3. The van der Waals surface area contributed by atoms with Gasteiger partial charge in [0.15, 0.2) is 5.78 Å². The third-order valence-electron chi connectivity index (χ3n) is 8.56. The number of para-hydroxylation sites is 1. The Morgan fingerprint density at radius 1 is 0.881 bits per heavy atom. The van der Waals surface area contributed by atoms with E-state index in [0.29, 0.717) is 12.0 Å². The van der Waals surface area contributed by atoms with E-state index in [1.165, 1.54) is 28.8 Å². The molecule has 1 N–H and O–H groups in total. The molecule has 0 radical (unpaired) electrons. The van der Waals surface area contributed by atoms with Crippen molar-refractivity contribution in [2.75, 3.05) is 7.11 Å². The topological polar surface area (TPSA) is 38.3 Å². The van der Waals surface area contributed by atoms with E-state index in [0.717, 1.165) is 45.0 Å². The van der Waals surface area contributed by atoms with Gasteiger partial charge in [-0.25, -0.2) is 4.39 Å². The van der Waals surface area contributed by atoms with E-state index >= 15 is 0 Å². The minimum absolute atomic E-state index is 0.0140. The lowest BCUT2D eigenvalue weighted by molar-refractivity contribution is 0.0943. The average molecular weight is 552 g/mol. The molecule has 2 atom stereocenters. The summed E-state index contributed by atoms with van der Waals surface area (Å²) < 4.78 is 19.8. The molecule has 1 heterocycles. The zero-order valence-corrected chi connectivity index (χ0v) is 23.3. The quantitative estimate of drug-likeness (QED) is 0.277. The lowest BCUT2D eigenvalue weighted by Crippen LogP contribution is -2.40. The van der Waals surface area contributed by atoms with E-state index < -0.39 is 5.82 Å². The van der Waals surface area contributed by atoms with Crippen molar-refractivity contribution in [1.82, 2.24) is 5.32 Å². The summed E-state index contributed by atoms with van der Waals surface area (Å²) in [6, 6.07) is 25.2. The lowest BCUT2D eigenvalue weighted by Gasteiger charge is -2.30. The van der Waals surface area contributed by atoms with Crippen LogP contribution in [0.5, 0.6) is 5.75 Å². The number of ketones is 1. The Bertz CT molecular complexity index is 1950. The molecule has 206 valence electrons. The zero-order valence-electron chi connectivity index (χ0n) is 23.3. The van der Waals surface area contributed by atoms with Crippen LogP contribution in [0, 0.1) is 11.7 Å². The molecular weight excluding hydrogens is 521 g/mol. The van der Waals surface area contributed by atoms with Crippen LogP contribution in [0.2, 0.25) is 0 Å². The molecule has 0 fully saturated rings. The number of rotatable bonds is 5. The van der Waals surface area contributed by atoms with Crippen molar-refractivity contribution in [3.8, 4) is 28.0 Å². The predicted octanol–water partition coefficient (Wildman–Crippen LogP) is 6.83. The highest BCUT2D eigenvalue weighted by molar-refractivity contribution is 6.01. The maximum Gasteiger partial charge on any atom is 0.169 e. The van der Waals surface area contributed by atoms with Gasteiger partial charge in [-0.3, -0.25) is 4.79 Å². The Morgan fingerprint density at radius 2 is 1.79 bits per heavy atom. The summed E-state index contributed by atoms with van der Waals surface area (Å²) in [6.07, 6.45) is 15.8. The average Bonchev–Trinajstić information content (AvgIpc) is 3.33. The van der Waals surface area contributed by atoms with Crippen molar-refractivity contribution in [3.63, 3.8) is 0 Å². The van der Waals surface area contributed by atoms with Crippen molar-refractivity contribution in [3.05, 3.63) is 148 Å². The maximum absolute atomic E-state index is 14.1. The van der Waals surface area contributed by atoms with Gasteiger partial charge in [-0.1, -0.05) is 78.9 Å². The molecule has 0 saturated heterocycles. The minimum Gasteiger partial charge on any atom is -0.496 e. The van der Waals surface area contributed by atoms with E-state index in [4.69, 9.17) is 4.74 Å². The summed E-state index contributed by atoms with van der Waals surface area (Å²) >= 11 is 0. The number of halogens is 1. The Morgan fingerprint density at radius 3 is 2.67 bits per heavy atom. The van der Waals surface area contributed by atoms with Crippen LogP contribution in [0.15, 0.2) is 115 Å². The molecule has 42 heavy (non-hydrogen) atoms. The summed E-state index contributed by atoms with van der Waals surface area (Å²) in [7, 11) is 1.70. The van der Waals surface area contributed by atoms with Gasteiger partial charge in [-0.05, 0) is 87.5 Å². The van der Waals surface area contributed by atoms with Crippen LogP contribution in [0.1, 0.15) is 33.8 Å². The van der Waals surface area contributed by atoms with Gasteiger partial charge in [0.2, 0.25) is 0 Å². The normalized spacial score (nSPS) is 18.2. The number of hydrogen-bond donors (Lipinski definition) is 1. The summed E-state index contributed by atoms with van der Waals surface area (Å²) in [5.74, 6) is -0.0140. The second kappa shape index (κ2) is 10.8. The van der Waals surface area contributed by atoms with Gasteiger partial charge in [0.25, 0.3) is 0 Å². The van der Waals surface area contributed by atoms with E-state index in [1.54, 1.807) is 19.2 Å². The first-order chi connectivity index (χ1) is 20.6. The molecule has 2 aliphatic carbocycles. The number of carbonyl (C=O) groups is 1. The molecule has 3 nitrogen and oxygen atoms in total. The van der Waals surface area contributed by atoms with Crippen molar-refractivity contribution >= 4 is 17.9 Å². The zero-order chi connectivity index (χ0) is 28.6. The molecule has 7 rings (SSSR count). The van der Waals surface area contributed by atoms with E-state index in [1.807, 2.05) is 42.6 Å². The van der Waals surface area contributed by atoms with Crippen molar-refractivity contribution in [2.45, 2.75) is 18.8 Å². The summed E-state index contributed by atoms with van der Waals surface area (Å²) in [6.45, 7) is 0. The maximum atomic E-state index is 14.1. The Kier molecular flexibility index (Phi) is 6.67.